The first-order valence-electron chi connectivity index (χ1n) is 6.59. The molecule has 0 spiro atoms. The summed E-state index contributed by atoms with van der Waals surface area (Å²) in [5, 5.41) is 11.8. The number of carbonyl (C=O) groups is 2. The van der Waals surface area contributed by atoms with Crippen molar-refractivity contribution in [3.05, 3.63) is 28.2 Å². The van der Waals surface area contributed by atoms with Gasteiger partial charge in [-0.15, -0.1) is 0 Å². The van der Waals surface area contributed by atoms with Gasteiger partial charge in [-0.05, 0) is 33.6 Å². The standard InChI is InChI=1S/C14H16BrNO6/c1-20-10-3-2-8(6-9(10)15)12(14(18)19)16-13(17)11-7-21-4-5-22-11/h2-3,6,11-12H,4-5,7H2,1H3,(H,16,17)(H,18,19). The van der Waals surface area contributed by atoms with E-state index in [0.717, 1.165) is 0 Å². The van der Waals surface area contributed by atoms with Gasteiger partial charge in [-0.1, -0.05) is 6.07 Å². The van der Waals surface area contributed by atoms with Crippen molar-refractivity contribution >= 4 is 27.8 Å². The lowest BCUT2D eigenvalue weighted by Gasteiger charge is -2.24. The molecule has 1 heterocycles. The maximum absolute atomic E-state index is 12.1. The number of amides is 1. The highest BCUT2D eigenvalue weighted by atomic mass is 79.9. The number of ether oxygens (including phenoxy) is 3. The first-order valence-corrected chi connectivity index (χ1v) is 7.38. The van der Waals surface area contributed by atoms with E-state index in [1.165, 1.54) is 7.11 Å². The predicted octanol–water partition coefficient (Wildman–Crippen LogP) is 1.12. The van der Waals surface area contributed by atoms with Gasteiger partial charge in [0, 0.05) is 0 Å². The molecule has 8 heteroatoms. The number of methoxy groups -OCH3 is 1. The first-order chi connectivity index (χ1) is 10.5. The molecule has 0 aromatic heterocycles. The van der Waals surface area contributed by atoms with Gasteiger partial charge >= 0.3 is 5.97 Å². The van der Waals surface area contributed by atoms with E-state index in [1.807, 2.05) is 0 Å². The number of nitrogens with one attached hydrogen (secondary N) is 1. The Hall–Kier alpha value is -1.64. The monoisotopic (exact) mass is 373 g/mol. The Kier molecular flexibility index (Phi) is 5.76. The van der Waals surface area contributed by atoms with Crippen LogP contribution >= 0.6 is 15.9 Å². The fraction of sp³-hybridized carbons (Fsp3) is 0.429. The third-order valence-electron chi connectivity index (χ3n) is 3.15. The zero-order chi connectivity index (χ0) is 16.1. The summed E-state index contributed by atoms with van der Waals surface area (Å²) in [6.45, 7) is 0.853. The van der Waals surface area contributed by atoms with Gasteiger partial charge < -0.3 is 24.6 Å². The lowest BCUT2D eigenvalue weighted by Crippen LogP contribution is -2.45. The molecule has 1 aliphatic heterocycles. The van der Waals surface area contributed by atoms with Crippen LogP contribution in [-0.4, -0.2) is 50.0 Å². The van der Waals surface area contributed by atoms with Crippen molar-refractivity contribution < 1.29 is 28.9 Å². The maximum atomic E-state index is 12.1. The summed E-state index contributed by atoms with van der Waals surface area (Å²) in [4.78, 5) is 23.5. The Morgan fingerprint density at radius 3 is 2.77 bits per heavy atom. The first kappa shape index (κ1) is 16.7. The van der Waals surface area contributed by atoms with Crippen molar-refractivity contribution in [3.63, 3.8) is 0 Å². The number of carboxylic acids is 1. The van der Waals surface area contributed by atoms with Crippen LogP contribution in [-0.2, 0) is 19.1 Å². The van der Waals surface area contributed by atoms with E-state index in [1.54, 1.807) is 18.2 Å². The summed E-state index contributed by atoms with van der Waals surface area (Å²) < 4.78 is 16.1. The van der Waals surface area contributed by atoms with Crippen molar-refractivity contribution in [1.29, 1.82) is 0 Å². The number of carboxylic acid groups (broad SMARTS) is 1. The second-order valence-electron chi connectivity index (χ2n) is 4.61. The van der Waals surface area contributed by atoms with E-state index >= 15 is 0 Å². The number of hydrogen-bond acceptors (Lipinski definition) is 5. The van der Waals surface area contributed by atoms with Crippen molar-refractivity contribution in [2.45, 2.75) is 12.1 Å². The van der Waals surface area contributed by atoms with E-state index in [9.17, 15) is 14.7 Å². The minimum Gasteiger partial charge on any atom is -0.496 e. The number of halogens is 1. The van der Waals surface area contributed by atoms with Crippen molar-refractivity contribution in [1.82, 2.24) is 5.32 Å². The Balaban J connectivity index is 2.14. The Morgan fingerprint density at radius 2 is 2.23 bits per heavy atom. The average Bonchev–Trinajstić information content (AvgIpc) is 2.52. The molecule has 2 N–H and O–H groups in total. The number of hydrogen-bond donors (Lipinski definition) is 2. The van der Waals surface area contributed by atoms with E-state index in [4.69, 9.17) is 14.2 Å². The van der Waals surface area contributed by atoms with Crippen LogP contribution in [0.25, 0.3) is 0 Å². The van der Waals surface area contributed by atoms with Crippen molar-refractivity contribution in [2.24, 2.45) is 0 Å². The molecule has 0 aliphatic carbocycles. The molecule has 120 valence electrons. The number of carbonyl (C=O) groups excluding carboxylic acids is 1. The van der Waals surface area contributed by atoms with Crippen LogP contribution in [0.2, 0.25) is 0 Å². The summed E-state index contributed by atoms with van der Waals surface area (Å²) in [5.74, 6) is -1.11. The summed E-state index contributed by atoms with van der Waals surface area (Å²) in [6, 6.07) is 3.62. The molecular formula is C14H16BrNO6. The second kappa shape index (κ2) is 7.57. The molecule has 0 saturated carbocycles. The quantitative estimate of drug-likeness (QED) is 0.802. The van der Waals surface area contributed by atoms with Crippen LogP contribution in [0.1, 0.15) is 11.6 Å². The van der Waals surface area contributed by atoms with Gasteiger partial charge in [0.15, 0.2) is 12.1 Å². The maximum Gasteiger partial charge on any atom is 0.330 e. The minimum absolute atomic E-state index is 0.116. The molecule has 1 amide bonds. The molecule has 1 fully saturated rings. The molecule has 1 aromatic rings. The van der Waals surface area contributed by atoms with Gasteiger partial charge in [0.25, 0.3) is 5.91 Å². The number of aliphatic carboxylic acids is 1. The highest BCUT2D eigenvalue weighted by Crippen LogP contribution is 2.28. The average molecular weight is 374 g/mol. The topological polar surface area (TPSA) is 94.1 Å². The molecular weight excluding hydrogens is 358 g/mol. The Bertz CT molecular complexity index is 558. The lowest BCUT2D eigenvalue weighted by atomic mass is 10.1. The molecule has 1 aliphatic rings. The van der Waals surface area contributed by atoms with E-state index in [2.05, 4.69) is 21.2 Å². The summed E-state index contributed by atoms with van der Waals surface area (Å²) in [6.07, 6.45) is -0.794. The fourth-order valence-corrected chi connectivity index (χ4v) is 2.58. The molecule has 2 atom stereocenters. The van der Waals surface area contributed by atoms with E-state index in [-0.39, 0.29) is 6.61 Å². The minimum atomic E-state index is -1.18. The highest BCUT2D eigenvalue weighted by molar-refractivity contribution is 9.10. The molecule has 1 aromatic carbocycles. The molecule has 2 rings (SSSR count). The highest BCUT2D eigenvalue weighted by Gasteiger charge is 2.29. The van der Waals surface area contributed by atoms with Crippen LogP contribution < -0.4 is 10.1 Å². The van der Waals surface area contributed by atoms with Gasteiger partial charge in [0.1, 0.15) is 5.75 Å². The van der Waals surface area contributed by atoms with Crippen LogP contribution in [0, 0.1) is 0 Å². The lowest BCUT2D eigenvalue weighted by molar-refractivity contribution is -0.152. The number of benzene rings is 1. The smallest absolute Gasteiger partial charge is 0.330 e. The van der Waals surface area contributed by atoms with Crippen molar-refractivity contribution in [2.75, 3.05) is 26.9 Å². The molecule has 22 heavy (non-hydrogen) atoms. The van der Waals surface area contributed by atoms with Gasteiger partial charge in [-0.3, -0.25) is 4.79 Å². The van der Waals surface area contributed by atoms with E-state index in [0.29, 0.717) is 29.0 Å². The Labute approximate surface area is 135 Å². The SMILES string of the molecule is COc1ccc(C(NC(=O)C2COCCO2)C(=O)O)cc1Br. The molecule has 7 nitrogen and oxygen atoms in total. The van der Waals surface area contributed by atoms with Gasteiger partial charge in [-0.25, -0.2) is 4.79 Å². The van der Waals surface area contributed by atoms with Gasteiger partial charge in [0.2, 0.25) is 0 Å². The van der Waals surface area contributed by atoms with Gasteiger partial charge in [-0.2, -0.15) is 0 Å². The normalized spacial score (nSPS) is 19.3. The summed E-state index contributed by atoms with van der Waals surface area (Å²) in [5.41, 5.74) is 0.422. The Morgan fingerprint density at radius 1 is 1.45 bits per heavy atom. The van der Waals surface area contributed by atoms with Crippen LogP contribution in [0.4, 0.5) is 0 Å². The third-order valence-corrected chi connectivity index (χ3v) is 3.77. The molecule has 1 saturated heterocycles. The fourth-order valence-electron chi connectivity index (χ4n) is 2.02. The number of rotatable bonds is 5. The molecule has 0 radical (unpaired) electrons. The third kappa shape index (κ3) is 3.96. The van der Waals surface area contributed by atoms with Crippen LogP contribution in [0.15, 0.2) is 22.7 Å². The molecule has 2 unspecified atom stereocenters. The predicted molar refractivity (Wildman–Crippen MR) is 79.8 cm³/mol. The summed E-state index contributed by atoms with van der Waals surface area (Å²) >= 11 is 3.29. The zero-order valence-electron chi connectivity index (χ0n) is 11.9. The van der Waals surface area contributed by atoms with Crippen molar-refractivity contribution in [3.8, 4) is 5.75 Å². The molecule has 0 bridgehead atoms. The van der Waals surface area contributed by atoms with Crippen LogP contribution in [0.5, 0.6) is 5.75 Å². The zero-order valence-corrected chi connectivity index (χ0v) is 13.5. The largest absolute Gasteiger partial charge is 0.496 e. The van der Waals surface area contributed by atoms with E-state index < -0.39 is 24.0 Å². The second-order valence-corrected chi connectivity index (χ2v) is 5.46. The van der Waals surface area contributed by atoms with Crippen LogP contribution in [0.3, 0.4) is 0 Å². The summed E-state index contributed by atoms with van der Waals surface area (Å²) in [7, 11) is 1.51. The van der Waals surface area contributed by atoms with Gasteiger partial charge in [0.05, 0.1) is 31.4 Å².